The minimum absolute atomic E-state index is 0.422. The smallest absolute Gasteiger partial charge is 0.188 e. The van der Waals surface area contributed by atoms with Gasteiger partial charge in [-0.1, -0.05) is 35.4 Å². The molecule has 0 fully saturated rings. The molecule has 0 saturated heterocycles. The first-order valence-corrected chi connectivity index (χ1v) is 6.36. The van der Waals surface area contributed by atoms with Gasteiger partial charge in [0, 0.05) is 16.6 Å². The molecule has 3 nitrogen and oxygen atoms in total. The Balaban J connectivity index is 2.41. The number of benzene rings is 1. The lowest BCUT2D eigenvalue weighted by atomic mass is 10.1. The van der Waals surface area contributed by atoms with Crippen molar-refractivity contribution in [2.75, 3.05) is 13.1 Å². The van der Waals surface area contributed by atoms with Gasteiger partial charge in [-0.25, -0.2) is 4.99 Å². The highest BCUT2D eigenvalue weighted by Crippen LogP contribution is 2.19. The van der Waals surface area contributed by atoms with Gasteiger partial charge in [0.15, 0.2) is 5.96 Å². The van der Waals surface area contributed by atoms with E-state index in [4.69, 9.17) is 28.9 Å². The summed E-state index contributed by atoms with van der Waals surface area (Å²) in [7, 11) is 0. The molecule has 1 aromatic carbocycles. The topological polar surface area (TPSA) is 50.4 Å². The molecule has 1 aromatic rings. The van der Waals surface area contributed by atoms with Crippen molar-refractivity contribution in [3.63, 3.8) is 0 Å². The Morgan fingerprint density at radius 1 is 1.33 bits per heavy atom. The van der Waals surface area contributed by atoms with Crippen LogP contribution in [0.5, 0.6) is 0 Å². The Morgan fingerprint density at radius 3 is 2.50 bits per heavy atom. The number of rotatable bonds is 5. The molecule has 0 spiro atoms. The number of nitrogens with zero attached hydrogens (tertiary/aromatic N) is 1. The van der Waals surface area contributed by atoms with Gasteiger partial charge in [0.2, 0.25) is 0 Å². The highest BCUT2D eigenvalue weighted by Gasteiger charge is 1.99. The molecule has 0 unspecified atom stereocenters. The zero-order chi connectivity index (χ0) is 13.5. The number of nitrogens with two attached hydrogens (primary N) is 1. The van der Waals surface area contributed by atoms with Crippen LogP contribution in [-0.2, 0) is 6.42 Å². The summed E-state index contributed by atoms with van der Waals surface area (Å²) in [5.74, 6) is 0.422. The van der Waals surface area contributed by atoms with E-state index in [9.17, 15) is 0 Å². The lowest BCUT2D eigenvalue weighted by Crippen LogP contribution is -2.33. The van der Waals surface area contributed by atoms with Crippen LogP contribution in [0.4, 0.5) is 0 Å². The summed E-state index contributed by atoms with van der Waals surface area (Å²) < 4.78 is 0. The highest BCUT2D eigenvalue weighted by atomic mass is 35.5. The van der Waals surface area contributed by atoms with E-state index < -0.39 is 0 Å². The Hall–Kier alpha value is -1.19. The van der Waals surface area contributed by atoms with E-state index in [0.717, 1.165) is 17.6 Å². The van der Waals surface area contributed by atoms with E-state index in [1.165, 1.54) is 0 Å². The molecule has 0 aliphatic carbocycles. The van der Waals surface area contributed by atoms with Crippen molar-refractivity contribution in [2.24, 2.45) is 10.7 Å². The molecule has 0 aliphatic heterocycles. The molecule has 0 aromatic heterocycles. The van der Waals surface area contributed by atoms with Gasteiger partial charge in [0.05, 0.1) is 6.54 Å². The van der Waals surface area contributed by atoms with Gasteiger partial charge in [0.1, 0.15) is 0 Å². The molecule has 3 N–H and O–H groups in total. The molecule has 5 heteroatoms. The number of aliphatic imine (C=N–C) groups is 1. The van der Waals surface area contributed by atoms with Crippen LogP contribution >= 0.6 is 23.2 Å². The first-order valence-electron chi connectivity index (χ1n) is 5.60. The first-order chi connectivity index (χ1) is 8.47. The number of nitrogens with one attached hydrogen (secondary N) is 1. The van der Waals surface area contributed by atoms with Gasteiger partial charge in [0.25, 0.3) is 0 Å². The maximum absolute atomic E-state index is 5.91. The minimum atomic E-state index is 0.422. The van der Waals surface area contributed by atoms with Crippen molar-refractivity contribution in [1.29, 1.82) is 0 Å². The van der Waals surface area contributed by atoms with Gasteiger partial charge in [-0.3, -0.25) is 0 Å². The fourth-order valence-electron chi connectivity index (χ4n) is 1.37. The lowest BCUT2D eigenvalue weighted by Gasteiger charge is -2.06. The number of hydrogen-bond donors (Lipinski definition) is 2. The average Bonchev–Trinajstić information content (AvgIpc) is 2.25. The Morgan fingerprint density at radius 2 is 1.94 bits per heavy atom. The summed E-state index contributed by atoms with van der Waals surface area (Å²) in [6.45, 7) is 6.89. The van der Waals surface area contributed by atoms with Crippen LogP contribution in [0.2, 0.25) is 10.0 Å². The summed E-state index contributed by atoms with van der Waals surface area (Å²) in [6, 6.07) is 5.48. The maximum atomic E-state index is 5.91. The van der Waals surface area contributed by atoms with Crippen molar-refractivity contribution < 1.29 is 0 Å². The van der Waals surface area contributed by atoms with E-state index in [0.29, 0.717) is 29.1 Å². The van der Waals surface area contributed by atoms with E-state index in [2.05, 4.69) is 16.9 Å². The Labute approximate surface area is 118 Å². The fourth-order valence-corrected chi connectivity index (χ4v) is 1.94. The second kappa shape index (κ2) is 7.29. The predicted octanol–water partition coefficient (Wildman–Crippen LogP) is 3.02. The standard InChI is InChI=1S/C13H17Cl2N3/c1-9(2)8-18-13(16)17-4-3-10-5-11(14)7-12(15)6-10/h5-7H,1,3-4,8H2,2H3,(H3,16,17,18). The van der Waals surface area contributed by atoms with Crippen LogP contribution in [0.15, 0.2) is 35.3 Å². The molecule has 0 radical (unpaired) electrons. The largest absolute Gasteiger partial charge is 0.370 e. The molecule has 0 heterocycles. The van der Waals surface area contributed by atoms with Crippen molar-refractivity contribution in [2.45, 2.75) is 13.3 Å². The second-order valence-electron chi connectivity index (χ2n) is 4.11. The quantitative estimate of drug-likeness (QED) is 0.496. The van der Waals surface area contributed by atoms with Crippen LogP contribution in [-0.4, -0.2) is 19.0 Å². The summed E-state index contributed by atoms with van der Waals surface area (Å²) >= 11 is 11.8. The van der Waals surface area contributed by atoms with E-state index in [1.807, 2.05) is 19.1 Å². The zero-order valence-electron chi connectivity index (χ0n) is 10.3. The molecular weight excluding hydrogens is 269 g/mol. The summed E-state index contributed by atoms with van der Waals surface area (Å²) in [5.41, 5.74) is 7.73. The van der Waals surface area contributed by atoms with Gasteiger partial charge in [-0.2, -0.15) is 0 Å². The Kier molecular flexibility index (Phi) is 6.02. The molecule has 1 rings (SSSR count). The molecule has 0 aliphatic rings. The van der Waals surface area contributed by atoms with Crippen molar-refractivity contribution in [3.05, 3.63) is 46.0 Å². The molecule has 0 bridgehead atoms. The average molecular weight is 286 g/mol. The van der Waals surface area contributed by atoms with Crippen molar-refractivity contribution in [3.8, 4) is 0 Å². The minimum Gasteiger partial charge on any atom is -0.370 e. The molecule has 0 amide bonds. The SMILES string of the molecule is C=C(C)CN=C(N)NCCc1cc(Cl)cc(Cl)c1. The van der Waals surface area contributed by atoms with E-state index in [1.54, 1.807) is 6.07 Å². The van der Waals surface area contributed by atoms with Gasteiger partial charge in [-0.15, -0.1) is 0 Å². The monoisotopic (exact) mass is 285 g/mol. The predicted molar refractivity (Wildman–Crippen MR) is 79.5 cm³/mol. The van der Waals surface area contributed by atoms with Gasteiger partial charge >= 0.3 is 0 Å². The third-order valence-corrected chi connectivity index (χ3v) is 2.60. The second-order valence-corrected chi connectivity index (χ2v) is 4.99. The van der Waals surface area contributed by atoms with E-state index in [-0.39, 0.29) is 0 Å². The van der Waals surface area contributed by atoms with Crippen LogP contribution < -0.4 is 11.1 Å². The number of guanidine groups is 1. The van der Waals surface area contributed by atoms with Gasteiger partial charge in [-0.05, 0) is 37.1 Å². The van der Waals surface area contributed by atoms with Crippen LogP contribution in [0.25, 0.3) is 0 Å². The van der Waals surface area contributed by atoms with Crippen molar-refractivity contribution >= 4 is 29.2 Å². The fraction of sp³-hybridized carbons (Fsp3) is 0.308. The maximum Gasteiger partial charge on any atom is 0.188 e. The summed E-state index contributed by atoms with van der Waals surface area (Å²) in [5, 5.41) is 4.31. The summed E-state index contributed by atoms with van der Waals surface area (Å²) in [4.78, 5) is 4.12. The molecule has 98 valence electrons. The summed E-state index contributed by atoms with van der Waals surface area (Å²) in [6.07, 6.45) is 0.781. The zero-order valence-corrected chi connectivity index (χ0v) is 11.9. The van der Waals surface area contributed by atoms with Crippen molar-refractivity contribution in [1.82, 2.24) is 5.32 Å². The molecule has 0 atom stereocenters. The molecule has 0 saturated carbocycles. The third kappa shape index (κ3) is 5.94. The lowest BCUT2D eigenvalue weighted by molar-refractivity contribution is 0.852. The molecule has 18 heavy (non-hydrogen) atoms. The van der Waals surface area contributed by atoms with Crippen LogP contribution in [0.1, 0.15) is 12.5 Å². The third-order valence-electron chi connectivity index (χ3n) is 2.16. The highest BCUT2D eigenvalue weighted by molar-refractivity contribution is 6.34. The van der Waals surface area contributed by atoms with Crippen LogP contribution in [0.3, 0.4) is 0 Å². The number of hydrogen-bond acceptors (Lipinski definition) is 1. The number of halogens is 2. The molecular formula is C13H17Cl2N3. The Bertz CT molecular complexity index is 435. The normalized spacial score (nSPS) is 11.4. The van der Waals surface area contributed by atoms with E-state index >= 15 is 0 Å². The van der Waals surface area contributed by atoms with Crippen LogP contribution in [0, 0.1) is 0 Å². The van der Waals surface area contributed by atoms with Gasteiger partial charge < -0.3 is 11.1 Å². The first kappa shape index (κ1) is 14.9.